The summed E-state index contributed by atoms with van der Waals surface area (Å²) in [5.74, 6) is -1.12. The Balaban J connectivity index is 1.79. The fourth-order valence-electron chi connectivity index (χ4n) is 2.79. The highest BCUT2D eigenvalue weighted by Gasteiger charge is 2.16. The predicted molar refractivity (Wildman–Crippen MR) is 103 cm³/mol. The molecular weight excluding hydrogens is 376 g/mol. The van der Waals surface area contributed by atoms with Crippen molar-refractivity contribution in [2.75, 3.05) is 13.7 Å². The van der Waals surface area contributed by atoms with Gasteiger partial charge in [0.1, 0.15) is 17.9 Å². The minimum absolute atomic E-state index is 0.263. The van der Waals surface area contributed by atoms with E-state index in [1.807, 2.05) is 18.2 Å². The number of ether oxygens (including phenoxy) is 2. The van der Waals surface area contributed by atoms with Crippen molar-refractivity contribution in [3.63, 3.8) is 0 Å². The van der Waals surface area contributed by atoms with E-state index in [2.05, 4.69) is 15.5 Å². The Morgan fingerprint density at radius 3 is 2.76 bits per heavy atom. The van der Waals surface area contributed by atoms with Crippen molar-refractivity contribution in [2.45, 2.75) is 13.8 Å². The van der Waals surface area contributed by atoms with Crippen LogP contribution < -0.4 is 20.0 Å². The number of imidazole rings is 1. The first-order valence-corrected chi connectivity index (χ1v) is 8.70. The van der Waals surface area contributed by atoms with Crippen LogP contribution in [-0.2, 0) is 4.79 Å². The van der Waals surface area contributed by atoms with E-state index in [0.29, 0.717) is 34.1 Å². The number of aliphatic carboxylic acids is 1. The number of benzene rings is 1. The van der Waals surface area contributed by atoms with Crippen molar-refractivity contribution in [1.82, 2.24) is 14.8 Å². The number of carbonyl (C=O) groups is 2. The fraction of sp³-hybridized carbons (Fsp3) is 0.200. The summed E-state index contributed by atoms with van der Waals surface area (Å²) in [6.07, 6.45) is 1.76. The summed E-state index contributed by atoms with van der Waals surface area (Å²) in [6.45, 7) is 2.89. The van der Waals surface area contributed by atoms with Crippen LogP contribution in [0.15, 0.2) is 47.7 Å². The Hall–Kier alpha value is -3.88. The van der Waals surface area contributed by atoms with E-state index in [9.17, 15) is 14.7 Å². The molecule has 0 aliphatic rings. The number of carbonyl (C=O) groups excluding carboxylic acids is 2. The number of nitrogens with zero attached hydrogens (tertiary/aromatic N) is 3. The van der Waals surface area contributed by atoms with Crippen molar-refractivity contribution < 1.29 is 24.2 Å². The maximum atomic E-state index is 12.6. The van der Waals surface area contributed by atoms with Gasteiger partial charge >= 0.3 is 0 Å². The third-order valence-electron chi connectivity index (χ3n) is 4.17. The molecule has 9 heteroatoms. The molecule has 2 heterocycles. The summed E-state index contributed by atoms with van der Waals surface area (Å²) in [5, 5.41) is 14.7. The highest BCUT2D eigenvalue weighted by atomic mass is 16.5. The summed E-state index contributed by atoms with van der Waals surface area (Å²) >= 11 is 0. The van der Waals surface area contributed by atoms with Crippen molar-refractivity contribution in [3.8, 4) is 11.5 Å². The molecule has 0 unspecified atom stereocenters. The van der Waals surface area contributed by atoms with Crippen molar-refractivity contribution >= 4 is 23.2 Å². The highest BCUT2D eigenvalue weighted by Crippen LogP contribution is 2.28. The maximum absolute atomic E-state index is 12.6. The van der Waals surface area contributed by atoms with E-state index in [4.69, 9.17) is 9.47 Å². The first-order valence-electron chi connectivity index (χ1n) is 8.70. The van der Waals surface area contributed by atoms with E-state index in [1.54, 1.807) is 42.6 Å². The Kier molecular flexibility index (Phi) is 5.77. The van der Waals surface area contributed by atoms with Crippen LogP contribution in [-0.4, -0.2) is 40.7 Å². The number of aryl methyl sites for hydroxylation is 1. The van der Waals surface area contributed by atoms with E-state index in [1.165, 1.54) is 7.11 Å². The molecule has 2 aromatic heterocycles. The lowest BCUT2D eigenvalue weighted by atomic mass is 10.1. The van der Waals surface area contributed by atoms with Gasteiger partial charge in [-0.2, -0.15) is 5.10 Å². The lowest BCUT2D eigenvalue weighted by Gasteiger charge is -2.12. The average molecular weight is 395 g/mol. The van der Waals surface area contributed by atoms with Crippen molar-refractivity contribution in [1.29, 1.82) is 0 Å². The Morgan fingerprint density at radius 2 is 2.03 bits per heavy atom. The Morgan fingerprint density at radius 1 is 1.24 bits per heavy atom. The summed E-state index contributed by atoms with van der Waals surface area (Å²) in [4.78, 5) is 27.5. The van der Waals surface area contributed by atoms with Crippen LogP contribution in [0.25, 0.3) is 5.65 Å². The molecule has 0 spiro atoms. The van der Waals surface area contributed by atoms with Crippen molar-refractivity contribution in [3.05, 3.63) is 59.5 Å². The van der Waals surface area contributed by atoms with Gasteiger partial charge in [-0.1, -0.05) is 6.07 Å². The molecule has 0 aliphatic carbocycles. The number of fused-ring (bicyclic) bond motifs is 1. The van der Waals surface area contributed by atoms with Gasteiger partial charge in [0.2, 0.25) is 0 Å². The lowest BCUT2D eigenvalue weighted by Crippen LogP contribution is -2.29. The number of carboxylic acids is 1. The van der Waals surface area contributed by atoms with Gasteiger partial charge in [0.05, 0.1) is 24.5 Å². The van der Waals surface area contributed by atoms with Crippen LogP contribution in [0.5, 0.6) is 11.5 Å². The molecule has 150 valence electrons. The normalized spacial score (nSPS) is 11.3. The summed E-state index contributed by atoms with van der Waals surface area (Å²) in [5.41, 5.74) is 5.40. The molecule has 0 saturated carbocycles. The molecule has 0 aliphatic heterocycles. The summed E-state index contributed by atoms with van der Waals surface area (Å²) < 4.78 is 12.0. The van der Waals surface area contributed by atoms with Crippen molar-refractivity contribution in [2.24, 2.45) is 5.10 Å². The third kappa shape index (κ3) is 4.34. The fourth-order valence-corrected chi connectivity index (χ4v) is 2.79. The number of aromatic nitrogens is 2. The van der Waals surface area contributed by atoms with Crippen LogP contribution in [0.4, 0.5) is 0 Å². The quantitative estimate of drug-likeness (QED) is 0.470. The van der Waals surface area contributed by atoms with Crippen LogP contribution in [0, 0.1) is 6.92 Å². The van der Waals surface area contributed by atoms with Gasteiger partial charge in [-0.3, -0.25) is 9.20 Å². The molecule has 0 radical (unpaired) electrons. The predicted octanol–water partition coefficient (Wildman–Crippen LogP) is 0.934. The number of nitrogens with one attached hydrogen (secondary N) is 1. The van der Waals surface area contributed by atoms with Gasteiger partial charge < -0.3 is 19.4 Å². The number of amides is 1. The second-order valence-electron chi connectivity index (χ2n) is 6.14. The van der Waals surface area contributed by atoms with Crippen LogP contribution in [0.2, 0.25) is 0 Å². The van der Waals surface area contributed by atoms with E-state index >= 15 is 0 Å². The number of hydrogen-bond donors (Lipinski definition) is 1. The van der Waals surface area contributed by atoms with E-state index in [-0.39, 0.29) is 11.7 Å². The summed E-state index contributed by atoms with van der Waals surface area (Å²) in [7, 11) is 1.44. The number of rotatable bonds is 7. The first kappa shape index (κ1) is 19.9. The largest absolute Gasteiger partial charge is 0.546 e. The molecule has 0 bridgehead atoms. The number of methoxy groups -OCH3 is 1. The second kappa shape index (κ2) is 8.42. The van der Waals surface area contributed by atoms with Gasteiger partial charge in [-0.25, -0.2) is 10.4 Å². The molecule has 0 saturated heterocycles. The lowest BCUT2D eigenvalue weighted by molar-refractivity contribution is -0.307. The first-order chi connectivity index (χ1) is 13.9. The molecule has 1 aromatic carbocycles. The second-order valence-corrected chi connectivity index (χ2v) is 6.14. The molecule has 9 nitrogen and oxygen atoms in total. The van der Waals surface area contributed by atoms with Gasteiger partial charge in [0, 0.05) is 11.8 Å². The molecule has 3 aromatic rings. The molecule has 0 atom stereocenters. The molecule has 3 rings (SSSR count). The van der Waals surface area contributed by atoms with Crippen LogP contribution in [0.1, 0.15) is 28.7 Å². The van der Waals surface area contributed by atoms with E-state index in [0.717, 1.165) is 0 Å². The van der Waals surface area contributed by atoms with Crippen LogP contribution in [0.3, 0.4) is 0 Å². The third-order valence-corrected chi connectivity index (χ3v) is 4.17. The zero-order valence-electron chi connectivity index (χ0n) is 16.1. The number of pyridine rings is 1. The molecule has 1 N–H and O–H groups in total. The molecular formula is C20H19N4O5-. The van der Waals surface area contributed by atoms with Gasteiger partial charge in [-0.05, 0) is 44.2 Å². The molecule has 0 fully saturated rings. The van der Waals surface area contributed by atoms with E-state index < -0.39 is 12.6 Å². The van der Waals surface area contributed by atoms with Gasteiger partial charge in [0.15, 0.2) is 11.5 Å². The Bertz CT molecular complexity index is 1100. The zero-order chi connectivity index (χ0) is 21.0. The SMILES string of the molecule is COc1cc(/C(C)=N\NC(=O)c2c(C)nc3ccccn23)ccc1OCC(=O)[O-]. The van der Waals surface area contributed by atoms with Gasteiger partial charge in [0.25, 0.3) is 5.91 Å². The monoisotopic (exact) mass is 395 g/mol. The molecule has 1 amide bonds. The minimum atomic E-state index is -1.33. The smallest absolute Gasteiger partial charge is 0.290 e. The average Bonchev–Trinajstić information content (AvgIpc) is 3.05. The Labute approximate surface area is 166 Å². The number of hydrogen-bond acceptors (Lipinski definition) is 7. The molecule has 29 heavy (non-hydrogen) atoms. The number of carboxylic acid groups (broad SMARTS) is 1. The topological polar surface area (TPSA) is 117 Å². The van der Waals surface area contributed by atoms with Crippen LogP contribution >= 0.6 is 0 Å². The standard InChI is InChI=1S/C20H20N4O5/c1-12(14-7-8-15(16(10-14)28-3)29-11-18(25)26)22-23-20(27)19-13(2)21-17-6-4-5-9-24(17)19/h4-10H,11H2,1-3H3,(H,23,27)(H,25,26)/p-1/b22-12-. The maximum Gasteiger partial charge on any atom is 0.290 e. The zero-order valence-corrected chi connectivity index (χ0v) is 16.1. The minimum Gasteiger partial charge on any atom is -0.546 e. The van der Waals surface area contributed by atoms with Gasteiger partial charge in [-0.15, -0.1) is 0 Å². The summed E-state index contributed by atoms with van der Waals surface area (Å²) in [6, 6.07) is 10.4. The number of hydrazone groups is 1. The highest BCUT2D eigenvalue weighted by molar-refractivity contribution is 6.01.